The van der Waals surface area contributed by atoms with Crippen molar-refractivity contribution in [1.82, 2.24) is 15.0 Å². The molecule has 1 heterocycles. The lowest BCUT2D eigenvalue weighted by molar-refractivity contribution is 0.213. The summed E-state index contributed by atoms with van der Waals surface area (Å²) in [5.74, 6) is -0.0116. The van der Waals surface area contributed by atoms with E-state index in [9.17, 15) is 8.42 Å². The van der Waals surface area contributed by atoms with Crippen LogP contribution in [0.15, 0.2) is 65.8 Å². The SMILES string of the molecule is CNC(=S)[C@@]1(c2cccnc2)CCCC[C@@H]1C(C)NS(=O)(=O)c1cccc2c(N(C)C)cccc12. The summed E-state index contributed by atoms with van der Waals surface area (Å²) in [5.41, 5.74) is 1.54. The minimum absolute atomic E-state index is 0.0116. The number of pyridine rings is 1. The van der Waals surface area contributed by atoms with Gasteiger partial charge in [-0.3, -0.25) is 4.98 Å². The second-order valence-electron chi connectivity index (χ2n) is 9.58. The summed E-state index contributed by atoms with van der Waals surface area (Å²) in [6.07, 6.45) is 7.42. The molecule has 0 amide bonds. The van der Waals surface area contributed by atoms with Crippen LogP contribution in [-0.4, -0.2) is 45.6 Å². The number of hydrogen-bond donors (Lipinski definition) is 2. The van der Waals surface area contributed by atoms with Gasteiger partial charge >= 0.3 is 0 Å². The second-order valence-corrected chi connectivity index (χ2v) is 11.7. The Morgan fingerprint density at radius 1 is 1.11 bits per heavy atom. The van der Waals surface area contributed by atoms with E-state index in [2.05, 4.69) is 21.1 Å². The van der Waals surface area contributed by atoms with Gasteiger partial charge in [-0.1, -0.05) is 55.4 Å². The highest BCUT2D eigenvalue weighted by Crippen LogP contribution is 2.46. The maximum Gasteiger partial charge on any atom is 0.241 e. The van der Waals surface area contributed by atoms with Crippen molar-refractivity contribution in [3.8, 4) is 0 Å². The smallest absolute Gasteiger partial charge is 0.241 e. The normalized spacial score (nSPS) is 21.4. The van der Waals surface area contributed by atoms with Crippen LogP contribution in [0.25, 0.3) is 10.8 Å². The van der Waals surface area contributed by atoms with Crippen LogP contribution in [0.4, 0.5) is 5.69 Å². The third-order valence-corrected chi connectivity index (χ3v) is 9.54. The monoisotopic (exact) mass is 510 g/mol. The molecular formula is C27H34N4O2S2. The first-order valence-corrected chi connectivity index (χ1v) is 14.0. The van der Waals surface area contributed by atoms with Crippen molar-refractivity contribution >= 4 is 43.7 Å². The summed E-state index contributed by atoms with van der Waals surface area (Å²) >= 11 is 5.88. The van der Waals surface area contributed by atoms with Crippen molar-refractivity contribution in [2.75, 3.05) is 26.0 Å². The molecule has 35 heavy (non-hydrogen) atoms. The third-order valence-electron chi connectivity index (χ3n) is 7.35. The van der Waals surface area contributed by atoms with Gasteiger partial charge in [-0.15, -0.1) is 0 Å². The number of aromatic nitrogens is 1. The highest BCUT2D eigenvalue weighted by molar-refractivity contribution is 7.89. The molecule has 3 aromatic rings. The first-order chi connectivity index (χ1) is 16.7. The highest BCUT2D eigenvalue weighted by Gasteiger charge is 2.48. The van der Waals surface area contributed by atoms with Crippen LogP contribution >= 0.6 is 12.2 Å². The predicted molar refractivity (Wildman–Crippen MR) is 148 cm³/mol. The third kappa shape index (κ3) is 4.67. The van der Waals surface area contributed by atoms with Crippen molar-refractivity contribution in [2.24, 2.45) is 5.92 Å². The number of rotatable bonds is 7. The Morgan fingerprint density at radius 2 is 1.86 bits per heavy atom. The molecule has 1 aliphatic carbocycles. The average molecular weight is 511 g/mol. The molecule has 1 aliphatic rings. The molecule has 6 nitrogen and oxygen atoms in total. The summed E-state index contributed by atoms with van der Waals surface area (Å²) < 4.78 is 30.6. The molecule has 1 saturated carbocycles. The summed E-state index contributed by atoms with van der Waals surface area (Å²) in [5, 5.41) is 4.84. The van der Waals surface area contributed by atoms with Crippen LogP contribution < -0.4 is 14.9 Å². The van der Waals surface area contributed by atoms with Crippen molar-refractivity contribution < 1.29 is 8.42 Å². The Hall–Kier alpha value is -2.55. The zero-order valence-electron chi connectivity index (χ0n) is 20.8. The maximum absolute atomic E-state index is 13.8. The summed E-state index contributed by atoms with van der Waals surface area (Å²) in [6, 6.07) is 14.9. The molecule has 3 atom stereocenters. The second kappa shape index (κ2) is 10.2. The Kier molecular flexibility index (Phi) is 7.45. The van der Waals surface area contributed by atoms with Gasteiger partial charge in [0.05, 0.1) is 15.3 Å². The number of nitrogens with one attached hydrogen (secondary N) is 2. The van der Waals surface area contributed by atoms with E-state index >= 15 is 0 Å². The van der Waals surface area contributed by atoms with E-state index in [1.165, 1.54) is 0 Å². The van der Waals surface area contributed by atoms with Crippen LogP contribution in [-0.2, 0) is 15.4 Å². The molecule has 8 heteroatoms. The quantitative estimate of drug-likeness (QED) is 0.451. The van der Waals surface area contributed by atoms with E-state index in [1.54, 1.807) is 12.3 Å². The van der Waals surface area contributed by atoms with Gasteiger partial charge in [0.1, 0.15) is 0 Å². The van der Waals surface area contributed by atoms with Crippen molar-refractivity contribution in [2.45, 2.75) is 49.0 Å². The van der Waals surface area contributed by atoms with E-state index in [0.717, 1.165) is 47.3 Å². The zero-order valence-corrected chi connectivity index (χ0v) is 22.4. The molecule has 2 aromatic carbocycles. The fourth-order valence-electron chi connectivity index (χ4n) is 5.78. The lowest BCUT2D eigenvalue weighted by Crippen LogP contribution is -2.55. The van der Waals surface area contributed by atoms with Gasteiger partial charge in [0.25, 0.3) is 0 Å². The Labute approximate surface area is 214 Å². The van der Waals surface area contributed by atoms with Crippen LogP contribution in [0.1, 0.15) is 38.2 Å². The number of fused-ring (bicyclic) bond motifs is 1. The van der Waals surface area contributed by atoms with Crippen molar-refractivity contribution in [3.63, 3.8) is 0 Å². The van der Waals surface area contributed by atoms with E-state index in [0.29, 0.717) is 10.3 Å². The Bertz CT molecular complexity index is 1310. The lowest BCUT2D eigenvalue weighted by atomic mass is 9.60. The van der Waals surface area contributed by atoms with E-state index in [1.807, 2.05) is 75.6 Å². The van der Waals surface area contributed by atoms with Crippen LogP contribution in [0.2, 0.25) is 0 Å². The molecule has 0 radical (unpaired) electrons. The van der Waals surface area contributed by atoms with Gasteiger partial charge in [-0.05, 0) is 49.4 Å². The molecule has 186 valence electrons. The van der Waals surface area contributed by atoms with Gasteiger partial charge in [0, 0.05) is 56.0 Å². The Balaban J connectivity index is 1.75. The molecule has 1 unspecified atom stereocenters. The maximum atomic E-state index is 13.8. The Morgan fingerprint density at radius 3 is 2.54 bits per heavy atom. The van der Waals surface area contributed by atoms with E-state index < -0.39 is 15.4 Å². The van der Waals surface area contributed by atoms with Gasteiger partial charge in [0.15, 0.2) is 0 Å². The average Bonchev–Trinajstić information content (AvgIpc) is 2.87. The number of nitrogens with zero attached hydrogens (tertiary/aromatic N) is 2. The van der Waals surface area contributed by atoms with Gasteiger partial charge < -0.3 is 10.2 Å². The first-order valence-electron chi connectivity index (χ1n) is 12.1. The van der Waals surface area contributed by atoms with Crippen LogP contribution in [0.5, 0.6) is 0 Å². The summed E-state index contributed by atoms with van der Waals surface area (Å²) in [6.45, 7) is 1.97. The number of likely N-dealkylation sites (N-methyl/N-ethyl adjacent to an activating group) is 1. The summed E-state index contributed by atoms with van der Waals surface area (Å²) in [7, 11) is 1.98. The predicted octanol–water partition coefficient (Wildman–Crippen LogP) is 4.64. The molecular weight excluding hydrogens is 476 g/mol. The van der Waals surface area contributed by atoms with Crippen molar-refractivity contribution in [1.29, 1.82) is 0 Å². The van der Waals surface area contributed by atoms with Crippen LogP contribution in [0, 0.1) is 5.92 Å². The zero-order chi connectivity index (χ0) is 25.2. The molecule has 0 bridgehead atoms. The number of sulfonamides is 1. The van der Waals surface area contributed by atoms with E-state index in [-0.39, 0.29) is 12.0 Å². The molecule has 0 spiro atoms. The molecule has 0 saturated heterocycles. The molecule has 1 fully saturated rings. The fraction of sp³-hybridized carbons (Fsp3) is 0.407. The number of benzene rings is 2. The topological polar surface area (TPSA) is 74.3 Å². The molecule has 4 rings (SSSR count). The number of hydrogen-bond acceptors (Lipinski definition) is 5. The van der Waals surface area contributed by atoms with Crippen LogP contribution in [0.3, 0.4) is 0 Å². The van der Waals surface area contributed by atoms with Gasteiger partial charge in [-0.25, -0.2) is 13.1 Å². The largest absolute Gasteiger partial charge is 0.382 e. The standard InChI is InChI=1S/C27H34N4O2S2/c1-19(23-13-5-6-16-27(23,26(34)28-2)20-10-9-17-29-18-20)30-35(32,33)25-15-8-11-21-22(25)12-7-14-24(21)31(3)4/h7-12,14-15,17-19,23,30H,5-6,13,16H2,1-4H3,(H,28,34)/t19?,23-,27-/m1/s1. The first kappa shape index (κ1) is 25.5. The van der Waals surface area contributed by atoms with E-state index in [4.69, 9.17) is 12.2 Å². The molecule has 2 N–H and O–H groups in total. The number of thiocarbonyl (C=S) groups is 1. The lowest BCUT2D eigenvalue weighted by Gasteiger charge is -2.47. The van der Waals surface area contributed by atoms with Gasteiger partial charge in [0.2, 0.25) is 10.0 Å². The summed E-state index contributed by atoms with van der Waals surface area (Å²) in [4.78, 5) is 7.40. The minimum Gasteiger partial charge on any atom is -0.382 e. The molecule has 1 aromatic heterocycles. The molecule has 0 aliphatic heterocycles. The van der Waals surface area contributed by atoms with Crippen molar-refractivity contribution in [3.05, 3.63) is 66.5 Å². The fourth-order valence-corrected chi connectivity index (χ4v) is 7.65. The minimum atomic E-state index is -3.79. The van der Waals surface area contributed by atoms with Gasteiger partial charge in [-0.2, -0.15) is 0 Å². The highest BCUT2D eigenvalue weighted by atomic mass is 32.2. The number of anilines is 1.